The van der Waals surface area contributed by atoms with E-state index in [2.05, 4.69) is 25.6 Å². The molecule has 0 unspecified atom stereocenters. The summed E-state index contributed by atoms with van der Waals surface area (Å²) in [6.45, 7) is 3.60. The first-order chi connectivity index (χ1) is 12.0. The third kappa shape index (κ3) is 4.17. The third-order valence-electron chi connectivity index (χ3n) is 3.34. The molecule has 0 aliphatic rings. The van der Waals surface area contributed by atoms with Crippen molar-refractivity contribution in [2.24, 2.45) is 0 Å². The number of rotatable bonds is 5. The highest BCUT2D eigenvalue weighted by Gasteiger charge is 2.18. The van der Waals surface area contributed by atoms with E-state index >= 15 is 0 Å². The SMILES string of the molecule is Cc1cc(NC(=O)c2nc(C)sc2Nc2cncc(CO)c2)ccn1. The molecule has 0 aliphatic heterocycles. The van der Waals surface area contributed by atoms with E-state index in [4.69, 9.17) is 0 Å². The number of carbonyl (C=O) groups is 1. The van der Waals surface area contributed by atoms with Crippen LogP contribution in [0.1, 0.15) is 26.8 Å². The fourth-order valence-corrected chi connectivity index (χ4v) is 3.09. The molecule has 0 aliphatic carbocycles. The van der Waals surface area contributed by atoms with E-state index in [0.717, 1.165) is 10.7 Å². The van der Waals surface area contributed by atoms with Gasteiger partial charge in [-0.3, -0.25) is 14.8 Å². The predicted octanol–water partition coefficient (Wildman–Crippen LogP) is 3.04. The molecule has 3 N–H and O–H groups in total. The molecule has 0 saturated heterocycles. The van der Waals surface area contributed by atoms with Crippen LogP contribution < -0.4 is 10.6 Å². The number of carbonyl (C=O) groups excluding carboxylic acids is 1. The van der Waals surface area contributed by atoms with Crippen LogP contribution in [0.25, 0.3) is 0 Å². The average molecular weight is 355 g/mol. The van der Waals surface area contributed by atoms with Crippen molar-refractivity contribution in [2.45, 2.75) is 20.5 Å². The zero-order chi connectivity index (χ0) is 17.8. The Hall–Kier alpha value is -2.84. The first-order valence-electron chi connectivity index (χ1n) is 7.58. The van der Waals surface area contributed by atoms with Crippen LogP contribution in [0.2, 0.25) is 0 Å². The van der Waals surface area contributed by atoms with Gasteiger partial charge in [0.1, 0.15) is 5.00 Å². The van der Waals surface area contributed by atoms with Gasteiger partial charge in [0.15, 0.2) is 5.69 Å². The number of aliphatic hydroxyl groups excluding tert-OH is 1. The van der Waals surface area contributed by atoms with Crippen LogP contribution in [0.5, 0.6) is 0 Å². The molecule has 25 heavy (non-hydrogen) atoms. The lowest BCUT2D eigenvalue weighted by Crippen LogP contribution is -2.14. The minimum atomic E-state index is -0.302. The second-order valence-corrected chi connectivity index (χ2v) is 6.62. The van der Waals surface area contributed by atoms with Crippen molar-refractivity contribution in [1.82, 2.24) is 15.0 Å². The lowest BCUT2D eigenvalue weighted by molar-refractivity contribution is 0.102. The molecule has 3 aromatic rings. The lowest BCUT2D eigenvalue weighted by atomic mass is 10.3. The van der Waals surface area contributed by atoms with E-state index in [9.17, 15) is 9.90 Å². The van der Waals surface area contributed by atoms with Crippen LogP contribution in [0, 0.1) is 13.8 Å². The zero-order valence-corrected chi connectivity index (χ0v) is 14.6. The van der Waals surface area contributed by atoms with E-state index in [0.29, 0.717) is 27.6 Å². The highest BCUT2D eigenvalue weighted by Crippen LogP contribution is 2.28. The number of aliphatic hydroxyl groups is 1. The summed E-state index contributed by atoms with van der Waals surface area (Å²) < 4.78 is 0. The summed E-state index contributed by atoms with van der Waals surface area (Å²) in [4.78, 5) is 25.1. The summed E-state index contributed by atoms with van der Waals surface area (Å²) in [7, 11) is 0. The van der Waals surface area contributed by atoms with E-state index in [1.165, 1.54) is 11.3 Å². The van der Waals surface area contributed by atoms with Crippen molar-refractivity contribution in [3.63, 3.8) is 0 Å². The normalized spacial score (nSPS) is 10.5. The molecule has 7 nitrogen and oxygen atoms in total. The highest BCUT2D eigenvalue weighted by atomic mass is 32.1. The van der Waals surface area contributed by atoms with Crippen molar-refractivity contribution in [3.05, 3.63) is 58.7 Å². The summed E-state index contributed by atoms with van der Waals surface area (Å²) in [6, 6.07) is 5.29. The van der Waals surface area contributed by atoms with Crippen LogP contribution in [-0.2, 0) is 6.61 Å². The molecule has 3 heterocycles. The molecule has 0 bridgehead atoms. The molecule has 0 saturated carbocycles. The number of pyridine rings is 2. The summed E-state index contributed by atoms with van der Waals surface area (Å²) in [5.41, 5.74) is 3.16. The Balaban J connectivity index is 1.83. The fourth-order valence-electron chi connectivity index (χ4n) is 2.25. The van der Waals surface area contributed by atoms with Crippen LogP contribution >= 0.6 is 11.3 Å². The quantitative estimate of drug-likeness (QED) is 0.650. The Bertz CT molecular complexity index is 910. The van der Waals surface area contributed by atoms with Gasteiger partial charge >= 0.3 is 0 Å². The molecule has 3 aromatic heterocycles. The maximum absolute atomic E-state index is 12.6. The molecule has 128 valence electrons. The first kappa shape index (κ1) is 17.0. The van der Waals surface area contributed by atoms with Gasteiger partial charge in [-0.2, -0.15) is 0 Å². The monoisotopic (exact) mass is 355 g/mol. The van der Waals surface area contributed by atoms with Crippen molar-refractivity contribution in [3.8, 4) is 0 Å². The van der Waals surface area contributed by atoms with Gasteiger partial charge in [0.25, 0.3) is 5.91 Å². The molecule has 0 aromatic carbocycles. The van der Waals surface area contributed by atoms with E-state index in [-0.39, 0.29) is 12.5 Å². The number of aryl methyl sites for hydroxylation is 2. The smallest absolute Gasteiger partial charge is 0.277 e. The van der Waals surface area contributed by atoms with Crippen LogP contribution in [-0.4, -0.2) is 26.0 Å². The molecule has 0 spiro atoms. The second kappa shape index (κ2) is 7.37. The summed E-state index contributed by atoms with van der Waals surface area (Å²) >= 11 is 1.38. The Morgan fingerprint density at radius 2 is 2.08 bits per heavy atom. The Labute approximate surface area is 148 Å². The van der Waals surface area contributed by atoms with Crippen molar-refractivity contribution in [1.29, 1.82) is 0 Å². The van der Waals surface area contributed by atoms with Gasteiger partial charge in [-0.25, -0.2) is 4.98 Å². The largest absolute Gasteiger partial charge is 0.392 e. The fraction of sp³-hybridized carbons (Fsp3) is 0.176. The number of nitrogens with one attached hydrogen (secondary N) is 2. The molecule has 3 rings (SSSR count). The van der Waals surface area contributed by atoms with Gasteiger partial charge in [-0.05, 0) is 37.6 Å². The number of nitrogens with zero attached hydrogens (tertiary/aromatic N) is 3. The van der Waals surface area contributed by atoms with Crippen LogP contribution in [0.15, 0.2) is 36.8 Å². The van der Waals surface area contributed by atoms with Crippen molar-refractivity contribution in [2.75, 3.05) is 10.6 Å². The third-order valence-corrected chi connectivity index (χ3v) is 4.23. The molecule has 0 fully saturated rings. The number of anilines is 3. The lowest BCUT2D eigenvalue weighted by Gasteiger charge is -2.08. The Kier molecular flexibility index (Phi) is 5.01. The van der Waals surface area contributed by atoms with Gasteiger partial charge in [-0.1, -0.05) is 0 Å². The Morgan fingerprint density at radius 1 is 1.24 bits per heavy atom. The van der Waals surface area contributed by atoms with Gasteiger partial charge in [0.05, 0.1) is 23.5 Å². The summed E-state index contributed by atoms with van der Waals surface area (Å²) in [6.07, 6.45) is 4.85. The predicted molar refractivity (Wildman–Crippen MR) is 97.2 cm³/mol. The second-order valence-electron chi connectivity index (χ2n) is 5.42. The van der Waals surface area contributed by atoms with Gasteiger partial charge in [0, 0.05) is 23.8 Å². The standard InChI is InChI=1S/C17H17N5O2S/c1-10-5-13(3-4-19-10)21-16(24)15-17(25-11(2)20-15)22-14-6-12(9-23)7-18-8-14/h3-8,22-23H,9H2,1-2H3,(H,19,21,24). The van der Waals surface area contributed by atoms with Gasteiger partial charge in [-0.15, -0.1) is 11.3 Å². The molecule has 0 atom stereocenters. The Morgan fingerprint density at radius 3 is 2.84 bits per heavy atom. The maximum Gasteiger partial charge on any atom is 0.277 e. The van der Waals surface area contributed by atoms with Crippen molar-refractivity contribution >= 4 is 33.6 Å². The number of aromatic nitrogens is 3. The van der Waals surface area contributed by atoms with E-state index in [1.54, 1.807) is 36.8 Å². The minimum Gasteiger partial charge on any atom is -0.392 e. The molecule has 8 heteroatoms. The number of hydrogen-bond donors (Lipinski definition) is 3. The molecule has 0 radical (unpaired) electrons. The molecular weight excluding hydrogens is 338 g/mol. The van der Waals surface area contributed by atoms with Crippen LogP contribution in [0.3, 0.4) is 0 Å². The van der Waals surface area contributed by atoms with Gasteiger partial charge < -0.3 is 15.7 Å². The minimum absolute atomic E-state index is 0.0982. The zero-order valence-electron chi connectivity index (χ0n) is 13.8. The maximum atomic E-state index is 12.6. The summed E-state index contributed by atoms with van der Waals surface area (Å²) in [5, 5.41) is 16.6. The van der Waals surface area contributed by atoms with E-state index < -0.39 is 0 Å². The topological polar surface area (TPSA) is 100 Å². The number of thiazole rings is 1. The molecule has 1 amide bonds. The van der Waals surface area contributed by atoms with Crippen LogP contribution in [0.4, 0.5) is 16.4 Å². The number of amides is 1. The number of hydrogen-bond acceptors (Lipinski definition) is 7. The highest BCUT2D eigenvalue weighted by molar-refractivity contribution is 7.16. The first-order valence-corrected chi connectivity index (χ1v) is 8.40. The van der Waals surface area contributed by atoms with Gasteiger partial charge in [0.2, 0.25) is 0 Å². The summed E-state index contributed by atoms with van der Waals surface area (Å²) in [5.74, 6) is -0.302. The van der Waals surface area contributed by atoms with Crippen molar-refractivity contribution < 1.29 is 9.90 Å². The average Bonchev–Trinajstić information content (AvgIpc) is 2.95. The molecular formula is C17H17N5O2S. The van der Waals surface area contributed by atoms with E-state index in [1.807, 2.05) is 13.8 Å².